The van der Waals surface area contributed by atoms with Gasteiger partial charge in [-0.25, -0.2) is 0 Å². The van der Waals surface area contributed by atoms with Crippen LogP contribution in [0, 0.1) is 0 Å². The molecule has 1 aliphatic rings. The largest absolute Gasteiger partial charge is 0.371 e. The van der Waals surface area contributed by atoms with Crippen LogP contribution in [0.3, 0.4) is 0 Å². The van der Waals surface area contributed by atoms with Crippen molar-refractivity contribution in [1.82, 2.24) is 10.2 Å². The van der Waals surface area contributed by atoms with Crippen molar-refractivity contribution in [2.75, 3.05) is 6.67 Å². The number of amides is 1. The molecule has 3 heteroatoms. The average Bonchev–Trinajstić information content (AvgIpc) is 2.14. The Morgan fingerprint density at radius 2 is 2.25 bits per heavy atom. The van der Waals surface area contributed by atoms with E-state index in [1.54, 1.807) is 0 Å². The molecular formula is C9H16N2O. The molecule has 1 N–H and O–H groups in total. The molecular weight excluding hydrogens is 152 g/mol. The highest BCUT2D eigenvalue weighted by Crippen LogP contribution is 2.06. The lowest BCUT2D eigenvalue weighted by Crippen LogP contribution is -2.40. The summed E-state index contributed by atoms with van der Waals surface area (Å²) in [6.07, 6.45) is 2.46. The van der Waals surface area contributed by atoms with Crippen LogP contribution in [0.4, 0.5) is 0 Å². The van der Waals surface area contributed by atoms with Crippen molar-refractivity contribution in [2.24, 2.45) is 0 Å². The summed E-state index contributed by atoms with van der Waals surface area (Å²) >= 11 is 0. The molecule has 68 valence electrons. The van der Waals surface area contributed by atoms with Gasteiger partial charge in [0.1, 0.15) is 0 Å². The minimum Gasteiger partial charge on any atom is -0.371 e. The summed E-state index contributed by atoms with van der Waals surface area (Å²) in [5.41, 5.74) is 1.09. The molecule has 0 aromatic rings. The van der Waals surface area contributed by atoms with Gasteiger partial charge in [-0.2, -0.15) is 0 Å². The lowest BCUT2D eigenvalue weighted by molar-refractivity contribution is -0.131. The summed E-state index contributed by atoms with van der Waals surface area (Å²) < 4.78 is 0. The maximum absolute atomic E-state index is 11.4. The highest BCUT2D eigenvalue weighted by atomic mass is 16.2. The van der Waals surface area contributed by atoms with Crippen molar-refractivity contribution in [3.63, 3.8) is 0 Å². The van der Waals surface area contributed by atoms with Gasteiger partial charge in [-0.15, -0.1) is 0 Å². The van der Waals surface area contributed by atoms with Gasteiger partial charge in [0.2, 0.25) is 5.91 Å². The Bertz CT molecular complexity index is 209. The molecule has 1 aliphatic heterocycles. The number of nitrogens with zero attached hydrogens (tertiary/aromatic N) is 1. The molecule has 0 saturated heterocycles. The lowest BCUT2D eigenvalue weighted by atomic mass is 10.3. The van der Waals surface area contributed by atoms with Gasteiger partial charge < -0.3 is 10.2 Å². The Balaban J connectivity index is 2.64. The van der Waals surface area contributed by atoms with E-state index in [-0.39, 0.29) is 11.9 Å². The Labute approximate surface area is 73.4 Å². The summed E-state index contributed by atoms with van der Waals surface area (Å²) in [6, 6.07) is 0.282. The van der Waals surface area contributed by atoms with Gasteiger partial charge in [0.25, 0.3) is 0 Å². The normalized spacial score (nSPS) is 18.8. The molecule has 1 amide bonds. The predicted molar refractivity (Wildman–Crippen MR) is 48.4 cm³/mol. The average molecular weight is 168 g/mol. The quantitative estimate of drug-likeness (QED) is 0.635. The summed E-state index contributed by atoms with van der Waals surface area (Å²) in [4.78, 5) is 13.3. The van der Waals surface area contributed by atoms with Crippen molar-refractivity contribution in [2.45, 2.75) is 33.2 Å². The topological polar surface area (TPSA) is 32.3 Å². The van der Waals surface area contributed by atoms with Crippen LogP contribution in [0.2, 0.25) is 0 Å². The molecule has 0 unspecified atom stereocenters. The molecule has 0 fully saturated rings. The molecule has 1 heterocycles. The summed E-state index contributed by atoms with van der Waals surface area (Å²) in [5, 5.41) is 3.17. The van der Waals surface area contributed by atoms with Crippen LogP contribution in [0.15, 0.2) is 11.8 Å². The van der Waals surface area contributed by atoms with Gasteiger partial charge >= 0.3 is 0 Å². The number of hydrogen-bond donors (Lipinski definition) is 1. The summed E-state index contributed by atoms with van der Waals surface area (Å²) in [6.45, 7) is 6.68. The third kappa shape index (κ3) is 2.00. The number of carbonyl (C=O) groups is 1. The molecule has 12 heavy (non-hydrogen) atoms. The molecule has 0 saturated carbocycles. The van der Waals surface area contributed by atoms with Gasteiger partial charge in [-0.05, 0) is 20.8 Å². The molecule has 0 aromatic carbocycles. The van der Waals surface area contributed by atoms with E-state index in [0.29, 0.717) is 13.1 Å². The van der Waals surface area contributed by atoms with E-state index in [4.69, 9.17) is 0 Å². The van der Waals surface area contributed by atoms with Crippen molar-refractivity contribution < 1.29 is 4.79 Å². The smallest absolute Gasteiger partial charge is 0.228 e. The number of allylic oxidation sites excluding steroid dienone is 1. The first-order valence-electron chi connectivity index (χ1n) is 4.31. The maximum Gasteiger partial charge on any atom is 0.228 e. The first-order chi connectivity index (χ1) is 5.61. The molecule has 0 atom stereocenters. The highest BCUT2D eigenvalue weighted by molar-refractivity contribution is 5.78. The zero-order chi connectivity index (χ0) is 9.14. The second-order valence-corrected chi connectivity index (χ2v) is 3.38. The van der Waals surface area contributed by atoms with Crippen molar-refractivity contribution in [1.29, 1.82) is 0 Å². The molecule has 0 aliphatic carbocycles. The third-order valence-electron chi connectivity index (χ3n) is 2.05. The van der Waals surface area contributed by atoms with Gasteiger partial charge in [0, 0.05) is 18.2 Å². The minimum absolute atomic E-state index is 0.203. The van der Waals surface area contributed by atoms with Crippen molar-refractivity contribution >= 4 is 5.91 Å². The van der Waals surface area contributed by atoms with Crippen LogP contribution in [0.1, 0.15) is 27.2 Å². The van der Waals surface area contributed by atoms with Crippen LogP contribution >= 0.6 is 0 Å². The second-order valence-electron chi connectivity index (χ2n) is 3.38. The van der Waals surface area contributed by atoms with Gasteiger partial charge in [0.15, 0.2) is 0 Å². The van der Waals surface area contributed by atoms with E-state index in [1.807, 2.05) is 31.7 Å². The highest BCUT2D eigenvalue weighted by Gasteiger charge is 2.17. The third-order valence-corrected chi connectivity index (χ3v) is 2.05. The molecule has 1 rings (SSSR count). The van der Waals surface area contributed by atoms with Crippen LogP contribution < -0.4 is 5.32 Å². The van der Waals surface area contributed by atoms with Crippen LogP contribution in [0.5, 0.6) is 0 Å². The summed E-state index contributed by atoms with van der Waals surface area (Å²) in [5.74, 6) is 0.203. The molecule has 0 aromatic heterocycles. The molecule has 0 radical (unpaired) electrons. The van der Waals surface area contributed by atoms with E-state index in [1.165, 1.54) is 0 Å². The zero-order valence-corrected chi connectivity index (χ0v) is 7.92. The van der Waals surface area contributed by atoms with Gasteiger partial charge in [-0.3, -0.25) is 4.79 Å². The fourth-order valence-electron chi connectivity index (χ4n) is 1.20. The van der Waals surface area contributed by atoms with E-state index < -0.39 is 0 Å². The SMILES string of the molecule is CC1=CCC(=O)N(C(C)C)CN1. The molecule has 0 spiro atoms. The van der Waals surface area contributed by atoms with Gasteiger partial charge in [0.05, 0.1) is 6.67 Å². The number of nitrogens with one attached hydrogen (secondary N) is 1. The standard InChI is InChI=1S/C9H16N2O/c1-7(2)11-6-10-8(3)4-5-9(11)12/h4,7,10H,5-6H2,1-3H3. The van der Waals surface area contributed by atoms with Gasteiger partial charge in [-0.1, -0.05) is 6.08 Å². The maximum atomic E-state index is 11.4. The summed E-state index contributed by atoms with van der Waals surface area (Å²) in [7, 11) is 0. The van der Waals surface area contributed by atoms with E-state index in [9.17, 15) is 4.79 Å². The monoisotopic (exact) mass is 168 g/mol. The van der Waals surface area contributed by atoms with Crippen molar-refractivity contribution in [3.8, 4) is 0 Å². The molecule has 0 bridgehead atoms. The van der Waals surface area contributed by atoms with Crippen LogP contribution in [0.25, 0.3) is 0 Å². The lowest BCUT2D eigenvalue weighted by Gasteiger charge is -2.25. The zero-order valence-electron chi connectivity index (χ0n) is 7.92. The minimum atomic E-state index is 0.203. The van der Waals surface area contributed by atoms with Crippen LogP contribution in [-0.2, 0) is 4.79 Å². The number of rotatable bonds is 1. The Morgan fingerprint density at radius 1 is 1.58 bits per heavy atom. The predicted octanol–water partition coefficient (Wildman–Crippen LogP) is 1.08. The van der Waals surface area contributed by atoms with E-state index >= 15 is 0 Å². The Morgan fingerprint density at radius 3 is 2.83 bits per heavy atom. The second kappa shape index (κ2) is 3.61. The van der Waals surface area contributed by atoms with Crippen LogP contribution in [-0.4, -0.2) is 23.5 Å². The Hall–Kier alpha value is -0.990. The first kappa shape index (κ1) is 9.10. The fourth-order valence-corrected chi connectivity index (χ4v) is 1.20. The Kier molecular flexibility index (Phi) is 2.74. The first-order valence-corrected chi connectivity index (χ1v) is 4.31. The van der Waals surface area contributed by atoms with E-state index in [0.717, 1.165) is 5.70 Å². The van der Waals surface area contributed by atoms with Crippen molar-refractivity contribution in [3.05, 3.63) is 11.8 Å². The fraction of sp³-hybridized carbons (Fsp3) is 0.667. The number of carbonyl (C=O) groups excluding carboxylic acids is 1. The molecule has 3 nitrogen and oxygen atoms in total. The van der Waals surface area contributed by atoms with E-state index in [2.05, 4.69) is 5.32 Å². The number of hydrogen-bond acceptors (Lipinski definition) is 2.